The molecule has 9 heteroatoms. The van der Waals surface area contributed by atoms with Gasteiger partial charge >= 0.3 is 5.97 Å². The van der Waals surface area contributed by atoms with Gasteiger partial charge in [-0.15, -0.1) is 0 Å². The summed E-state index contributed by atoms with van der Waals surface area (Å²) in [5.41, 5.74) is 2.70. The summed E-state index contributed by atoms with van der Waals surface area (Å²) in [5, 5.41) is 16.0. The molecule has 0 saturated carbocycles. The van der Waals surface area contributed by atoms with Gasteiger partial charge in [0.15, 0.2) is 0 Å². The molecule has 0 aliphatic rings. The Hall–Kier alpha value is -3.07. The van der Waals surface area contributed by atoms with Gasteiger partial charge in [-0.25, -0.2) is 4.98 Å². The van der Waals surface area contributed by atoms with Crippen molar-refractivity contribution in [2.45, 2.75) is 32.4 Å². The molecule has 0 bridgehead atoms. The smallest absolute Gasteiger partial charge is 0.325 e. The topological polar surface area (TPSA) is 124 Å². The van der Waals surface area contributed by atoms with Gasteiger partial charge in [-0.3, -0.25) is 14.4 Å². The number of para-hydroxylation sites is 1. The van der Waals surface area contributed by atoms with Crippen LogP contribution in [0, 0.1) is 6.92 Å². The molecule has 2 amide bonds. The number of benzene rings is 1. The van der Waals surface area contributed by atoms with Crippen molar-refractivity contribution in [1.82, 2.24) is 20.6 Å². The summed E-state index contributed by atoms with van der Waals surface area (Å²) in [5.74, 6) is -1.51. The van der Waals surface area contributed by atoms with E-state index in [-0.39, 0.29) is 5.69 Å². The third kappa shape index (κ3) is 4.56. The maximum atomic E-state index is 12.9. The largest absolute Gasteiger partial charge is 0.480 e. The standard InChI is InChI=1S/C21H24N4O4S/c1-11-18-14(13-6-4-5-7-15(13)24-18)10-17(22-11)20(27)25-16(8-9-30-3)19(26)23-12(2)21(28)29/h4-7,10,12,16,24H,8-9H2,1-3H3,(H,23,26)(H,25,27)(H,28,29). The lowest BCUT2D eigenvalue weighted by atomic mass is 10.1. The Balaban J connectivity index is 1.87. The highest BCUT2D eigenvalue weighted by molar-refractivity contribution is 7.98. The number of hydrogen-bond donors (Lipinski definition) is 4. The van der Waals surface area contributed by atoms with E-state index in [1.54, 1.807) is 6.07 Å². The van der Waals surface area contributed by atoms with Gasteiger partial charge in [0.25, 0.3) is 5.91 Å². The van der Waals surface area contributed by atoms with Crippen LogP contribution in [0.1, 0.15) is 29.5 Å². The Morgan fingerprint density at radius 1 is 1.20 bits per heavy atom. The molecule has 2 heterocycles. The first-order chi connectivity index (χ1) is 14.3. The SMILES string of the molecule is CSCCC(NC(=O)c1cc2c([nH]c3ccccc32)c(C)n1)C(=O)NC(C)C(=O)O. The first kappa shape index (κ1) is 21.6. The van der Waals surface area contributed by atoms with E-state index in [9.17, 15) is 14.4 Å². The Labute approximate surface area is 177 Å². The van der Waals surface area contributed by atoms with E-state index in [2.05, 4.69) is 20.6 Å². The van der Waals surface area contributed by atoms with Crippen LogP contribution in [0.4, 0.5) is 0 Å². The molecule has 8 nitrogen and oxygen atoms in total. The van der Waals surface area contributed by atoms with Gasteiger partial charge in [-0.2, -0.15) is 11.8 Å². The van der Waals surface area contributed by atoms with E-state index in [0.29, 0.717) is 17.9 Å². The number of carboxylic acids is 1. The zero-order valence-electron chi connectivity index (χ0n) is 17.0. The molecule has 2 unspecified atom stereocenters. The number of hydrogen-bond acceptors (Lipinski definition) is 5. The first-order valence-corrected chi connectivity index (χ1v) is 10.9. The van der Waals surface area contributed by atoms with Crippen LogP contribution in [0.5, 0.6) is 0 Å². The number of aryl methyl sites for hydroxylation is 1. The van der Waals surface area contributed by atoms with Crippen LogP contribution >= 0.6 is 11.8 Å². The summed E-state index contributed by atoms with van der Waals surface area (Å²) >= 11 is 1.53. The zero-order valence-corrected chi connectivity index (χ0v) is 17.8. The highest BCUT2D eigenvalue weighted by Gasteiger charge is 2.25. The molecule has 158 valence electrons. The normalized spacial score (nSPS) is 13.2. The number of carbonyl (C=O) groups is 3. The van der Waals surface area contributed by atoms with E-state index >= 15 is 0 Å². The van der Waals surface area contributed by atoms with Crippen LogP contribution in [0.15, 0.2) is 30.3 Å². The van der Waals surface area contributed by atoms with Gasteiger partial charge in [-0.1, -0.05) is 18.2 Å². The number of fused-ring (bicyclic) bond motifs is 3. The van der Waals surface area contributed by atoms with Crippen LogP contribution in [0.2, 0.25) is 0 Å². The van der Waals surface area contributed by atoms with Crippen LogP contribution in [-0.2, 0) is 9.59 Å². The van der Waals surface area contributed by atoms with Crippen LogP contribution in [-0.4, -0.2) is 57.0 Å². The number of pyridine rings is 1. The van der Waals surface area contributed by atoms with Crippen LogP contribution < -0.4 is 10.6 Å². The molecule has 0 saturated heterocycles. The van der Waals surface area contributed by atoms with Crippen molar-refractivity contribution in [3.8, 4) is 0 Å². The van der Waals surface area contributed by atoms with E-state index in [0.717, 1.165) is 21.8 Å². The molecule has 0 fully saturated rings. The van der Waals surface area contributed by atoms with Gasteiger partial charge < -0.3 is 20.7 Å². The summed E-state index contributed by atoms with van der Waals surface area (Å²) < 4.78 is 0. The minimum atomic E-state index is -1.14. The number of aromatic amines is 1. The molecule has 0 aliphatic carbocycles. The highest BCUT2D eigenvalue weighted by Crippen LogP contribution is 2.27. The monoisotopic (exact) mass is 428 g/mol. The number of carbonyl (C=O) groups excluding carboxylic acids is 2. The average Bonchev–Trinajstić information content (AvgIpc) is 3.10. The highest BCUT2D eigenvalue weighted by atomic mass is 32.2. The number of thioether (sulfide) groups is 1. The second kappa shape index (κ2) is 9.17. The molecular formula is C21H24N4O4S. The van der Waals surface area contributed by atoms with E-state index < -0.39 is 29.9 Å². The molecule has 0 aliphatic heterocycles. The Morgan fingerprint density at radius 3 is 2.63 bits per heavy atom. The van der Waals surface area contributed by atoms with Crippen molar-refractivity contribution in [1.29, 1.82) is 0 Å². The van der Waals surface area contributed by atoms with Gasteiger partial charge in [-0.05, 0) is 44.4 Å². The Morgan fingerprint density at radius 2 is 1.93 bits per heavy atom. The van der Waals surface area contributed by atoms with Gasteiger partial charge in [0.1, 0.15) is 17.8 Å². The predicted octanol–water partition coefficient (Wildman–Crippen LogP) is 2.47. The van der Waals surface area contributed by atoms with Crippen molar-refractivity contribution < 1.29 is 19.5 Å². The molecule has 2 atom stereocenters. The van der Waals surface area contributed by atoms with Crippen molar-refractivity contribution in [3.05, 3.63) is 41.7 Å². The van der Waals surface area contributed by atoms with Gasteiger partial charge in [0.05, 0.1) is 11.2 Å². The van der Waals surface area contributed by atoms with E-state index in [1.807, 2.05) is 37.4 Å². The predicted molar refractivity (Wildman–Crippen MR) is 118 cm³/mol. The fourth-order valence-electron chi connectivity index (χ4n) is 3.23. The summed E-state index contributed by atoms with van der Waals surface area (Å²) in [4.78, 5) is 44.2. The van der Waals surface area contributed by atoms with Crippen molar-refractivity contribution >= 4 is 51.4 Å². The Bertz CT molecular complexity index is 1110. The third-order valence-corrected chi connectivity index (χ3v) is 5.52. The molecular weight excluding hydrogens is 404 g/mol. The summed E-state index contributed by atoms with van der Waals surface area (Å²) in [7, 11) is 0. The lowest BCUT2D eigenvalue weighted by Crippen LogP contribution is -2.51. The van der Waals surface area contributed by atoms with Crippen molar-refractivity contribution in [2.75, 3.05) is 12.0 Å². The first-order valence-electron chi connectivity index (χ1n) is 9.53. The Kier molecular flexibility index (Phi) is 6.61. The third-order valence-electron chi connectivity index (χ3n) is 4.87. The van der Waals surface area contributed by atoms with Gasteiger partial charge in [0.2, 0.25) is 5.91 Å². The number of aliphatic carboxylic acids is 1. The number of aromatic nitrogens is 2. The molecule has 3 rings (SSSR count). The maximum Gasteiger partial charge on any atom is 0.325 e. The molecule has 2 aromatic heterocycles. The summed E-state index contributed by atoms with van der Waals surface area (Å²) in [6.07, 6.45) is 2.27. The van der Waals surface area contributed by atoms with Crippen molar-refractivity contribution in [3.63, 3.8) is 0 Å². The van der Waals surface area contributed by atoms with Gasteiger partial charge in [0, 0.05) is 16.3 Å². The number of nitrogens with zero attached hydrogens (tertiary/aromatic N) is 1. The number of carboxylic acid groups (broad SMARTS) is 1. The van der Waals surface area contributed by atoms with Crippen molar-refractivity contribution in [2.24, 2.45) is 0 Å². The number of amides is 2. The lowest BCUT2D eigenvalue weighted by Gasteiger charge is -2.19. The fourth-order valence-corrected chi connectivity index (χ4v) is 3.70. The maximum absolute atomic E-state index is 12.9. The average molecular weight is 429 g/mol. The number of rotatable bonds is 8. The molecule has 3 aromatic rings. The number of H-pyrrole nitrogens is 1. The number of nitrogens with one attached hydrogen (secondary N) is 3. The summed E-state index contributed by atoms with van der Waals surface area (Å²) in [6.45, 7) is 3.20. The molecule has 4 N–H and O–H groups in total. The second-order valence-corrected chi connectivity index (χ2v) is 8.05. The fraction of sp³-hybridized carbons (Fsp3) is 0.333. The summed E-state index contributed by atoms with van der Waals surface area (Å²) in [6, 6.07) is 7.60. The zero-order chi connectivity index (χ0) is 21.8. The van der Waals surface area contributed by atoms with E-state index in [4.69, 9.17) is 5.11 Å². The van der Waals surface area contributed by atoms with Crippen LogP contribution in [0.25, 0.3) is 21.8 Å². The molecule has 1 aromatic carbocycles. The quantitative estimate of drug-likeness (QED) is 0.437. The molecule has 0 radical (unpaired) electrons. The molecule has 0 spiro atoms. The minimum Gasteiger partial charge on any atom is -0.480 e. The van der Waals surface area contributed by atoms with E-state index in [1.165, 1.54) is 18.7 Å². The minimum absolute atomic E-state index is 0.206. The second-order valence-electron chi connectivity index (χ2n) is 7.06. The lowest BCUT2D eigenvalue weighted by molar-refractivity contribution is -0.141. The van der Waals surface area contributed by atoms with Crippen LogP contribution in [0.3, 0.4) is 0 Å². The molecule has 30 heavy (non-hydrogen) atoms.